The van der Waals surface area contributed by atoms with E-state index in [0.717, 1.165) is 17.3 Å². The lowest BCUT2D eigenvalue weighted by atomic mass is 10.1. The molecule has 0 unspecified atom stereocenters. The molecule has 5 nitrogen and oxygen atoms in total. The smallest absolute Gasteiger partial charge is 0.161 e. The Morgan fingerprint density at radius 1 is 0.933 bits per heavy atom. The van der Waals surface area contributed by atoms with Gasteiger partial charge in [0.1, 0.15) is 0 Å². The standard InChI is InChI=1S/C23H22F2N2O3/c1-28-22-6-4-15(11-23(22)29-2)3-5-16-12-21(27-7-9-30-10-8-27)17-13-18(24)19(25)14-20(17)26-16/h3-6,11-14H,7-10H2,1-2H3/b5-3+. The van der Waals surface area contributed by atoms with Gasteiger partial charge in [0, 0.05) is 30.2 Å². The lowest BCUT2D eigenvalue weighted by Gasteiger charge is -2.30. The van der Waals surface area contributed by atoms with E-state index < -0.39 is 11.6 Å². The quantitative estimate of drug-likeness (QED) is 0.616. The van der Waals surface area contributed by atoms with Crippen molar-refractivity contribution in [2.45, 2.75) is 0 Å². The topological polar surface area (TPSA) is 43.8 Å². The summed E-state index contributed by atoms with van der Waals surface area (Å²) < 4.78 is 43.8. The summed E-state index contributed by atoms with van der Waals surface area (Å²) in [6.45, 7) is 2.53. The van der Waals surface area contributed by atoms with Gasteiger partial charge in [0.25, 0.3) is 0 Å². The Morgan fingerprint density at radius 2 is 1.67 bits per heavy atom. The molecule has 0 N–H and O–H groups in total. The summed E-state index contributed by atoms with van der Waals surface area (Å²) in [7, 11) is 3.17. The number of benzene rings is 2. The van der Waals surface area contributed by atoms with Crippen molar-refractivity contribution < 1.29 is 23.0 Å². The van der Waals surface area contributed by atoms with Gasteiger partial charge in [-0.25, -0.2) is 13.8 Å². The number of hydrogen-bond donors (Lipinski definition) is 0. The molecule has 0 amide bonds. The number of morpholine rings is 1. The van der Waals surface area contributed by atoms with E-state index in [0.29, 0.717) is 54.4 Å². The van der Waals surface area contributed by atoms with E-state index in [1.165, 1.54) is 6.07 Å². The van der Waals surface area contributed by atoms with Crippen LogP contribution in [-0.2, 0) is 4.74 Å². The molecule has 1 fully saturated rings. The molecule has 1 aliphatic rings. The first-order valence-corrected chi connectivity index (χ1v) is 9.61. The highest BCUT2D eigenvalue weighted by molar-refractivity contribution is 5.93. The number of halogens is 2. The number of nitrogens with zero attached hydrogens (tertiary/aromatic N) is 2. The molecule has 0 spiro atoms. The van der Waals surface area contributed by atoms with Crippen molar-refractivity contribution in [1.82, 2.24) is 4.98 Å². The maximum Gasteiger partial charge on any atom is 0.161 e. The van der Waals surface area contributed by atoms with Crippen LogP contribution in [0.3, 0.4) is 0 Å². The first-order chi connectivity index (χ1) is 14.6. The first kappa shape index (κ1) is 20.1. The fourth-order valence-corrected chi connectivity index (χ4v) is 3.51. The van der Waals surface area contributed by atoms with E-state index in [1.807, 2.05) is 36.4 Å². The third-order valence-corrected chi connectivity index (χ3v) is 5.05. The van der Waals surface area contributed by atoms with E-state index in [-0.39, 0.29) is 0 Å². The molecule has 156 valence electrons. The third kappa shape index (κ3) is 4.07. The second-order valence-electron chi connectivity index (χ2n) is 6.90. The van der Waals surface area contributed by atoms with Crippen LogP contribution in [0.2, 0.25) is 0 Å². The first-order valence-electron chi connectivity index (χ1n) is 9.61. The minimum absolute atomic E-state index is 0.407. The Morgan fingerprint density at radius 3 is 2.40 bits per heavy atom. The van der Waals surface area contributed by atoms with Crippen molar-refractivity contribution in [3.05, 3.63) is 59.3 Å². The molecule has 2 heterocycles. The van der Waals surface area contributed by atoms with Crippen LogP contribution >= 0.6 is 0 Å². The minimum Gasteiger partial charge on any atom is -0.493 e. The molecule has 4 rings (SSSR count). The Labute approximate surface area is 173 Å². The predicted molar refractivity (Wildman–Crippen MR) is 113 cm³/mol. The zero-order valence-electron chi connectivity index (χ0n) is 16.8. The Balaban J connectivity index is 1.75. The monoisotopic (exact) mass is 412 g/mol. The molecule has 1 aromatic heterocycles. The third-order valence-electron chi connectivity index (χ3n) is 5.05. The number of ether oxygens (including phenoxy) is 3. The molecule has 30 heavy (non-hydrogen) atoms. The van der Waals surface area contributed by atoms with E-state index in [9.17, 15) is 8.78 Å². The molecule has 2 aromatic carbocycles. The van der Waals surface area contributed by atoms with E-state index >= 15 is 0 Å². The number of hydrogen-bond acceptors (Lipinski definition) is 5. The highest BCUT2D eigenvalue weighted by Crippen LogP contribution is 2.31. The summed E-state index contributed by atoms with van der Waals surface area (Å²) in [6.07, 6.45) is 3.73. The number of rotatable bonds is 5. The van der Waals surface area contributed by atoms with Crippen LogP contribution in [0, 0.1) is 11.6 Å². The van der Waals surface area contributed by atoms with Crippen molar-refractivity contribution in [2.24, 2.45) is 0 Å². The van der Waals surface area contributed by atoms with Crippen molar-refractivity contribution in [2.75, 3.05) is 45.4 Å². The summed E-state index contributed by atoms with van der Waals surface area (Å²) in [5.41, 5.74) is 2.76. The molecule has 0 aliphatic carbocycles. The summed E-state index contributed by atoms with van der Waals surface area (Å²) >= 11 is 0. The molecule has 1 aliphatic heterocycles. The van der Waals surface area contributed by atoms with Gasteiger partial charge in [-0.05, 0) is 35.9 Å². The molecule has 0 saturated carbocycles. The Bertz CT molecular complexity index is 1100. The van der Waals surface area contributed by atoms with Gasteiger partial charge >= 0.3 is 0 Å². The molecule has 0 bridgehead atoms. The van der Waals surface area contributed by atoms with Crippen LogP contribution in [0.15, 0.2) is 36.4 Å². The van der Waals surface area contributed by atoms with Gasteiger partial charge in [0.2, 0.25) is 0 Å². The summed E-state index contributed by atoms with van der Waals surface area (Å²) in [5, 5.41) is 0.582. The van der Waals surface area contributed by atoms with Gasteiger partial charge in [0.05, 0.1) is 38.6 Å². The molecule has 7 heteroatoms. The highest BCUT2D eigenvalue weighted by Gasteiger charge is 2.17. The molecule has 0 atom stereocenters. The highest BCUT2D eigenvalue weighted by atomic mass is 19.2. The Hall–Kier alpha value is -3.19. The van der Waals surface area contributed by atoms with Crippen LogP contribution in [-0.4, -0.2) is 45.5 Å². The Kier molecular flexibility index (Phi) is 5.81. The maximum atomic E-state index is 13.9. The lowest BCUT2D eigenvalue weighted by Crippen LogP contribution is -2.36. The SMILES string of the molecule is COc1ccc(/C=C/c2cc(N3CCOCC3)c3cc(F)c(F)cc3n2)cc1OC. The number of fused-ring (bicyclic) bond motifs is 1. The second-order valence-corrected chi connectivity index (χ2v) is 6.90. The number of anilines is 1. The second kappa shape index (κ2) is 8.67. The molecule has 0 radical (unpaired) electrons. The van der Waals surface area contributed by atoms with Gasteiger partial charge in [-0.1, -0.05) is 12.1 Å². The zero-order chi connectivity index (χ0) is 21.1. The van der Waals surface area contributed by atoms with Gasteiger partial charge in [-0.2, -0.15) is 0 Å². The minimum atomic E-state index is -0.913. The van der Waals surface area contributed by atoms with Crippen LogP contribution in [0.5, 0.6) is 11.5 Å². The maximum absolute atomic E-state index is 13.9. The lowest BCUT2D eigenvalue weighted by molar-refractivity contribution is 0.123. The summed E-state index contributed by atoms with van der Waals surface area (Å²) in [6, 6.07) is 9.82. The fraction of sp³-hybridized carbons (Fsp3) is 0.261. The van der Waals surface area contributed by atoms with Gasteiger partial charge in [0.15, 0.2) is 23.1 Å². The van der Waals surface area contributed by atoms with Gasteiger partial charge < -0.3 is 19.1 Å². The fourth-order valence-electron chi connectivity index (χ4n) is 3.51. The van der Waals surface area contributed by atoms with Crippen LogP contribution in [0.25, 0.3) is 23.1 Å². The molecular weight excluding hydrogens is 390 g/mol. The molecule has 1 saturated heterocycles. The number of pyridine rings is 1. The van der Waals surface area contributed by atoms with Gasteiger partial charge in [-0.3, -0.25) is 0 Å². The predicted octanol–water partition coefficient (Wildman–Crippen LogP) is 4.54. The van der Waals surface area contributed by atoms with E-state index in [1.54, 1.807) is 14.2 Å². The van der Waals surface area contributed by atoms with Crippen LogP contribution < -0.4 is 14.4 Å². The summed E-state index contributed by atoms with van der Waals surface area (Å²) in [5.74, 6) is -0.528. The van der Waals surface area contributed by atoms with E-state index in [2.05, 4.69) is 9.88 Å². The van der Waals surface area contributed by atoms with Crippen molar-refractivity contribution >= 4 is 28.7 Å². The normalized spacial score (nSPS) is 14.5. The largest absolute Gasteiger partial charge is 0.493 e. The van der Waals surface area contributed by atoms with Crippen molar-refractivity contribution in [1.29, 1.82) is 0 Å². The summed E-state index contributed by atoms with van der Waals surface area (Å²) in [4.78, 5) is 6.63. The average Bonchev–Trinajstić information content (AvgIpc) is 2.78. The average molecular weight is 412 g/mol. The van der Waals surface area contributed by atoms with Crippen molar-refractivity contribution in [3.8, 4) is 11.5 Å². The van der Waals surface area contributed by atoms with Crippen LogP contribution in [0.1, 0.15) is 11.3 Å². The van der Waals surface area contributed by atoms with Crippen LogP contribution in [0.4, 0.5) is 14.5 Å². The molecular formula is C23H22F2N2O3. The molecule has 3 aromatic rings. The van der Waals surface area contributed by atoms with Gasteiger partial charge in [-0.15, -0.1) is 0 Å². The number of methoxy groups -OCH3 is 2. The van der Waals surface area contributed by atoms with Crippen molar-refractivity contribution in [3.63, 3.8) is 0 Å². The van der Waals surface area contributed by atoms with E-state index in [4.69, 9.17) is 14.2 Å². The zero-order valence-corrected chi connectivity index (χ0v) is 16.8. The number of aromatic nitrogens is 1.